The summed E-state index contributed by atoms with van der Waals surface area (Å²) >= 11 is 0. The molecule has 0 aliphatic carbocycles. The molecule has 0 fully saturated rings. The summed E-state index contributed by atoms with van der Waals surface area (Å²) in [5.74, 6) is -0.158. The molecule has 2 rings (SSSR count). The van der Waals surface area contributed by atoms with E-state index in [4.69, 9.17) is 25.3 Å². The molecule has 0 saturated heterocycles. The summed E-state index contributed by atoms with van der Waals surface area (Å²) in [5.41, 5.74) is 5.23. The van der Waals surface area contributed by atoms with E-state index >= 15 is 0 Å². The summed E-state index contributed by atoms with van der Waals surface area (Å²) in [7, 11) is -10.1. The summed E-state index contributed by atoms with van der Waals surface area (Å²) in [5, 5.41) is 0. The Bertz CT molecular complexity index is 720. The van der Waals surface area contributed by atoms with Gasteiger partial charge >= 0.3 is 21.7 Å². The number of nitrogens with zero attached hydrogens (tertiary/aromatic N) is 3. The summed E-state index contributed by atoms with van der Waals surface area (Å²) < 4.78 is 47.1. The Morgan fingerprint density at radius 1 is 1.05 bits per heavy atom. The minimum Gasteiger partial charge on any atom is -0.382 e. The maximum absolute atomic E-state index is 12.4. The Balaban J connectivity index is 0.000000222. The van der Waals surface area contributed by atoms with Gasteiger partial charge in [0.2, 0.25) is 0 Å². The minimum atomic E-state index is -5.05. The van der Waals surface area contributed by atoms with Crippen molar-refractivity contribution in [2.24, 2.45) is 0 Å². The van der Waals surface area contributed by atoms with E-state index in [0.29, 0.717) is 0 Å². The number of hydrogen-bond donors (Lipinski definition) is 6. The van der Waals surface area contributed by atoms with Crippen LogP contribution >= 0.6 is 15.6 Å². The van der Waals surface area contributed by atoms with Crippen molar-refractivity contribution < 1.29 is 41.8 Å². The maximum Gasteiger partial charge on any atom is 0.478 e. The van der Waals surface area contributed by atoms with Crippen molar-refractivity contribution in [3.8, 4) is 0 Å². The number of fused-ring (bicyclic) bond motifs is 1. The van der Waals surface area contributed by atoms with Crippen LogP contribution in [0.4, 0.5) is 14.6 Å². The topological polar surface area (TPSA) is 205 Å². The highest BCUT2D eigenvalue weighted by Crippen LogP contribution is 2.53. The van der Waals surface area contributed by atoms with Gasteiger partial charge in [-0.25, -0.2) is 9.13 Å². The quantitative estimate of drug-likeness (QED) is 0.229. The first kappa shape index (κ1) is 17.5. The second-order valence-electron chi connectivity index (χ2n) is 3.17. The molecule has 2 aromatic rings. The van der Waals surface area contributed by atoms with Crippen LogP contribution in [0.25, 0.3) is 11.2 Å². The first-order chi connectivity index (χ1) is 9.37. The number of nitrogen functional groups attached to an aromatic ring is 1. The molecule has 0 saturated carbocycles. The number of anilines is 1. The van der Waals surface area contributed by atoms with Crippen molar-refractivity contribution in [2.75, 3.05) is 5.73 Å². The monoisotopic (exact) mass is 349 g/mol. The normalized spacial score (nSPS) is 12.1. The van der Waals surface area contributed by atoms with Gasteiger partial charge in [-0.15, -0.1) is 0 Å². The van der Waals surface area contributed by atoms with Crippen LogP contribution in [0.2, 0.25) is 0 Å². The largest absolute Gasteiger partial charge is 0.478 e. The molecule has 2 heterocycles. The van der Waals surface area contributed by atoms with Crippen molar-refractivity contribution in [2.45, 2.75) is 0 Å². The number of aromatic amines is 1. The molecule has 16 heteroatoms. The standard InChI is InChI=1S/C5H3F2N5.H4O7P2/c6-4-9-1-2(8)10-5(7)12-3(1)11-4;1-8(2,3)7-9(4,5)6/h(H3,8,9,10,11,12);(H2,1,2,3)(H2,4,5,6). The average Bonchev–Trinajstić information content (AvgIpc) is 2.53. The maximum atomic E-state index is 12.4. The van der Waals surface area contributed by atoms with E-state index in [1.54, 1.807) is 0 Å². The van der Waals surface area contributed by atoms with E-state index in [0.717, 1.165) is 0 Å². The number of phosphoric acid groups is 2. The number of halogens is 2. The lowest BCUT2D eigenvalue weighted by Gasteiger charge is -2.03. The summed E-state index contributed by atoms with van der Waals surface area (Å²) in [4.78, 5) is 42.8. The highest BCUT2D eigenvalue weighted by atomic mass is 31.3. The summed E-state index contributed by atoms with van der Waals surface area (Å²) in [6.45, 7) is 0. The van der Waals surface area contributed by atoms with Crippen LogP contribution in [-0.4, -0.2) is 39.5 Å². The predicted octanol–water partition coefficient (Wildman–Crippen LogP) is -0.598. The molecule has 0 aliphatic heterocycles. The van der Waals surface area contributed by atoms with E-state index in [2.05, 4.69) is 24.2 Å². The minimum absolute atomic E-state index is 0.105. The molecule has 7 N–H and O–H groups in total. The van der Waals surface area contributed by atoms with Crippen molar-refractivity contribution >= 4 is 32.6 Å². The number of imidazole rings is 1. The molecule has 0 atom stereocenters. The first-order valence-electron chi connectivity index (χ1n) is 4.54. The smallest absolute Gasteiger partial charge is 0.382 e. The van der Waals surface area contributed by atoms with E-state index in [-0.39, 0.29) is 17.0 Å². The molecule has 0 amide bonds. The molecule has 0 aromatic carbocycles. The zero-order chi connectivity index (χ0) is 16.4. The molecule has 0 unspecified atom stereocenters. The van der Waals surface area contributed by atoms with Gasteiger partial charge in [-0.2, -0.15) is 28.0 Å². The van der Waals surface area contributed by atoms with Crippen LogP contribution in [0, 0.1) is 12.2 Å². The van der Waals surface area contributed by atoms with Gasteiger partial charge in [0.05, 0.1) is 0 Å². The zero-order valence-corrected chi connectivity index (χ0v) is 11.4. The van der Waals surface area contributed by atoms with Crippen molar-refractivity contribution in [1.29, 1.82) is 0 Å². The van der Waals surface area contributed by atoms with Crippen LogP contribution < -0.4 is 5.73 Å². The van der Waals surface area contributed by atoms with Crippen LogP contribution in [0.1, 0.15) is 0 Å². The number of aromatic nitrogens is 4. The first-order valence-corrected chi connectivity index (χ1v) is 7.60. The van der Waals surface area contributed by atoms with Crippen molar-refractivity contribution in [3.05, 3.63) is 12.2 Å². The molecule has 2 aromatic heterocycles. The Morgan fingerprint density at radius 3 is 2.00 bits per heavy atom. The van der Waals surface area contributed by atoms with Crippen molar-refractivity contribution in [3.63, 3.8) is 0 Å². The molecule has 21 heavy (non-hydrogen) atoms. The number of hydrogen-bond acceptors (Lipinski definition) is 7. The number of nitrogens with one attached hydrogen (secondary N) is 1. The summed E-state index contributed by atoms with van der Waals surface area (Å²) in [6, 6.07) is 0. The zero-order valence-electron chi connectivity index (χ0n) is 9.58. The fraction of sp³-hybridized carbons (Fsp3) is 0. The molecule has 0 aliphatic rings. The van der Waals surface area contributed by atoms with Crippen LogP contribution in [0.5, 0.6) is 0 Å². The van der Waals surface area contributed by atoms with Crippen LogP contribution in [0.3, 0.4) is 0 Å². The molecule has 0 spiro atoms. The lowest BCUT2D eigenvalue weighted by Crippen LogP contribution is -1.97. The lowest BCUT2D eigenvalue weighted by atomic mass is 10.5. The highest BCUT2D eigenvalue weighted by Gasteiger charge is 2.27. The third-order valence-electron chi connectivity index (χ3n) is 1.54. The predicted molar refractivity (Wildman–Crippen MR) is 61.2 cm³/mol. The van der Waals surface area contributed by atoms with Crippen LogP contribution in [-0.2, 0) is 13.4 Å². The molecular weight excluding hydrogens is 342 g/mol. The third kappa shape index (κ3) is 6.18. The van der Waals surface area contributed by atoms with Gasteiger partial charge in [-0.3, -0.25) is 0 Å². The highest BCUT2D eigenvalue weighted by molar-refractivity contribution is 7.60. The SMILES string of the molecule is Nc1nc(F)nc2nc(F)[nH]c12.O=P(O)(O)OP(=O)(O)O. The van der Waals surface area contributed by atoms with Gasteiger partial charge in [0, 0.05) is 0 Å². The lowest BCUT2D eigenvalue weighted by molar-refractivity contribution is 0.225. The van der Waals surface area contributed by atoms with Gasteiger partial charge < -0.3 is 30.3 Å². The van der Waals surface area contributed by atoms with Gasteiger partial charge in [-0.05, 0) is 0 Å². The number of rotatable bonds is 2. The van der Waals surface area contributed by atoms with Crippen molar-refractivity contribution in [1.82, 2.24) is 19.9 Å². The van der Waals surface area contributed by atoms with E-state index in [1.807, 2.05) is 0 Å². The summed E-state index contributed by atoms with van der Waals surface area (Å²) in [6.07, 6.45) is -1.89. The molecule has 0 radical (unpaired) electrons. The number of nitrogens with two attached hydrogens (primary N) is 1. The van der Waals surface area contributed by atoms with E-state index < -0.39 is 27.8 Å². The second-order valence-corrected chi connectivity index (χ2v) is 5.78. The second kappa shape index (κ2) is 6.07. The van der Waals surface area contributed by atoms with Gasteiger partial charge in [-0.1, -0.05) is 0 Å². The molecular formula is C5H7F2N5O7P2. The Kier molecular flexibility index (Phi) is 5.07. The Labute approximate surface area is 113 Å². The van der Waals surface area contributed by atoms with E-state index in [1.165, 1.54) is 0 Å². The van der Waals surface area contributed by atoms with Crippen LogP contribution in [0.15, 0.2) is 0 Å². The van der Waals surface area contributed by atoms with Gasteiger partial charge in [0.1, 0.15) is 5.52 Å². The third-order valence-corrected chi connectivity index (χ3v) is 3.24. The molecule has 118 valence electrons. The average molecular weight is 349 g/mol. The fourth-order valence-electron chi connectivity index (χ4n) is 1.00. The molecule has 0 bridgehead atoms. The Morgan fingerprint density at radius 2 is 1.57 bits per heavy atom. The van der Waals surface area contributed by atoms with E-state index in [9.17, 15) is 17.9 Å². The number of H-pyrrole nitrogens is 1. The van der Waals surface area contributed by atoms with Gasteiger partial charge in [0.15, 0.2) is 11.5 Å². The fourth-order valence-corrected chi connectivity index (χ4v) is 2.11. The Hall–Kier alpha value is -1.53. The van der Waals surface area contributed by atoms with Gasteiger partial charge in [0.25, 0.3) is 6.08 Å². The molecule has 12 nitrogen and oxygen atoms in total.